The molecule has 2 aromatic carbocycles. The average Bonchev–Trinajstić information content (AvgIpc) is 2.64. The summed E-state index contributed by atoms with van der Waals surface area (Å²) in [5, 5.41) is 9.13. The Labute approximate surface area is 161 Å². The lowest BCUT2D eigenvalue weighted by atomic mass is 10.2. The SMILES string of the molecule is CC(=O)Nc1cccc(NC(=O)c2ccnc(Nc3ccccc3Cl)c2)c1. The second-order valence-electron chi connectivity index (χ2n) is 5.75. The standard InChI is InChI=1S/C20H17ClN4O2/c1-13(26)23-15-5-4-6-16(12-15)24-20(27)14-9-10-22-19(11-14)25-18-8-3-2-7-17(18)21/h2-12H,1H3,(H,22,25)(H,23,26)(H,24,27). The maximum absolute atomic E-state index is 12.5. The molecule has 0 saturated carbocycles. The molecule has 0 radical (unpaired) electrons. The number of carbonyl (C=O) groups is 2. The normalized spacial score (nSPS) is 10.1. The highest BCUT2D eigenvalue weighted by atomic mass is 35.5. The van der Waals surface area contributed by atoms with Crippen LogP contribution in [0.4, 0.5) is 22.9 Å². The van der Waals surface area contributed by atoms with E-state index in [4.69, 9.17) is 11.6 Å². The molecule has 0 fully saturated rings. The molecule has 1 aromatic heterocycles. The van der Waals surface area contributed by atoms with Crippen molar-refractivity contribution in [2.24, 2.45) is 0 Å². The predicted octanol–water partition coefficient (Wildman–Crippen LogP) is 4.69. The zero-order valence-corrected chi connectivity index (χ0v) is 15.2. The summed E-state index contributed by atoms with van der Waals surface area (Å²) in [6.07, 6.45) is 1.54. The van der Waals surface area contributed by atoms with Gasteiger partial charge in [-0.2, -0.15) is 0 Å². The minimum Gasteiger partial charge on any atom is -0.339 e. The molecule has 27 heavy (non-hydrogen) atoms. The highest BCUT2D eigenvalue weighted by molar-refractivity contribution is 6.33. The van der Waals surface area contributed by atoms with Gasteiger partial charge in [0.15, 0.2) is 0 Å². The van der Waals surface area contributed by atoms with E-state index in [0.29, 0.717) is 33.5 Å². The van der Waals surface area contributed by atoms with Crippen LogP contribution in [-0.4, -0.2) is 16.8 Å². The molecule has 1 heterocycles. The van der Waals surface area contributed by atoms with E-state index in [2.05, 4.69) is 20.9 Å². The van der Waals surface area contributed by atoms with Gasteiger partial charge in [0.2, 0.25) is 5.91 Å². The Morgan fingerprint density at radius 2 is 1.67 bits per heavy atom. The van der Waals surface area contributed by atoms with E-state index in [-0.39, 0.29) is 11.8 Å². The Bertz CT molecular complexity index is 991. The summed E-state index contributed by atoms with van der Waals surface area (Å²) < 4.78 is 0. The van der Waals surface area contributed by atoms with Crippen molar-refractivity contribution < 1.29 is 9.59 Å². The van der Waals surface area contributed by atoms with Crippen LogP contribution < -0.4 is 16.0 Å². The fourth-order valence-electron chi connectivity index (χ4n) is 2.42. The number of amides is 2. The van der Waals surface area contributed by atoms with E-state index in [1.165, 1.54) is 6.92 Å². The largest absolute Gasteiger partial charge is 0.339 e. The molecule has 0 atom stereocenters. The summed E-state index contributed by atoms with van der Waals surface area (Å²) in [6, 6.07) is 17.4. The maximum Gasteiger partial charge on any atom is 0.255 e. The molecule has 0 unspecified atom stereocenters. The van der Waals surface area contributed by atoms with Crippen LogP contribution in [0.2, 0.25) is 5.02 Å². The lowest BCUT2D eigenvalue weighted by Crippen LogP contribution is -2.13. The van der Waals surface area contributed by atoms with Crippen LogP contribution in [0.3, 0.4) is 0 Å². The van der Waals surface area contributed by atoms with E-state index in [1.807, 2.05) is 18.2 Å². The van der Waals surface area contributed by atoms with Gasteiger partial charge in [-0.3, -0.25) is 9.59 Å². The summed E-state index contributed by atoms with van der Waals surface area (Å²) in [4.78, 5) is 27.9. The quantitative estimate of drug-likeness (QED) is 0.599. The maximum atomic E-state index is 12.5. The van der Waals surface area contributed by atoms with E-state index < -0.39 is 0 Å². The number of anilines is 4. The van der Waals surface area contributed by atoms with Gasteiger partial charge in [-0.05, 0) is 42.5 Å². The summed E-state index contributed by atoms with van der Waals surface area (Å²) in [6.45, 7) is 1.43. The van der Waals surface area contributed by atoms with Gasteiger partial charge in [-0.15, -0.1) is 0 Å². The molecule has 3 N–H and O–H groups in total. The van der Waals surface area contributed by atoms with Gasteiger partial charge in [0, 0.05) is 30.1 Å². The molecule has 0 spiro atoms. The van der Waals surface area contributed by atoms with Crippen molar-refractivity contribution in [2.45, 2.75) is 6.92 Å². The average molecular weight is 381 g/mol. The molecule has 0 aliphatic heterocycles. The molecule has 0 saturated heterocycles. The number of carbonyl (C=O) groups excluding carboxylic acids is 2. The number of rotatable bonds is 5. The van der Waals surface area contributed by atoms with Crippen molar-refractivity contribution in [2.75, 3.05) is 16.0 Å². The predicted molar refractivity (Wildman–Crippen MR) is 108 cm³/mol. The smallest absolute Gasteiger partial charge is 0.255 e. The summed E-state index contributed by atoms with van der Waals surface area (Å²) in [7, 11) is 0. The number of hydrogen-bond acceptors (Lipinski definition) is 4. The van der Waals surface area contributed by atoms with Crippen LogP contribution in [0.1, 0.15) is 17.3 Å². The number of nitrogens with one attached hydrogen (secondary N) is 3. The third-order valence-corrected chi connectivity index (χ3v) is 3.93. The fraction of sp³-hybridized carbons (Fsp3) is 0.0500. The summed E-state index contributed by atoms with van der Waals surface area (Å²) in [5.41, 5.74) is 2.32. The van der Waals surface area contributed by atoms with Crippen LogP contribution in [0.25, 0.3) is 0 Å². The van der Waals surface area contributed by atoms with E-state index in [1.54, 1.807) is 48.7 Å². The highest BCUT2D eigenvalue weighted by Gasteiger charge is 2.09. The minimum atomic E-state index is -0.292. The number of aromatic nitrogens is 1. The van der Waals surface area contributed by atoms with E-state index in [9.17, 15) is 9.59 Å². The molecule has 0 bridgehead atoms. The van der Waals surface area contributed by atoms with Crippen LogP contribution >= 0.6 is 11.6 Å². The monoisotopic (exact) mass is 380 g/mol. The van der Waals surface area contributed by atoms with Gasteiger partial charge in [-0.1, -0.05) is 29.8 Å². The Kier molecular flexibility index (Phi) is 5.68. The Hall–Kier alpha value is -3.38. The number of para-hydroxylation sites is 1. The first-order chi connectivity index (χ1) is 13.0. The van der Waals surface area contributed by atoms with E-state index in [0.717, 1.165) is 0 Å². The van der Waals surface area contributed by atoms with Gasteiger partial charge < -0.3 is 16.0 Å². The minimum absolute atomic E-state index is 0.178. The van der Waals surface area contributed by atoms with Crippen LogP contribution in [-0.2, 0) is 4.79 Å². The van der Waals surface area contributed by atoms with Crippen molar-refractivity contribution >= 4 is 46.3 Å². The zero-order valence-electron chi connectivity index (χ0n) is 14.5. The Balaban J connectivity index is 1.74. The number of benzene rings is 2. The molecular weight excluding hydrogens is 364 g/mol. The molecular formula is C20H17ClN4O2. The van der Waals surface area contributed by atoms with Crippen molar-refractivity contribution in [3.05, 3.63) is 77.4 Å². The lowest BCUT2D eigenvalue weighted by molar-refractivity contribution is -0.114. The first-order valence-electron chi connectivity index (χ1n) is 8.18. The van der Waals surface area contributed by atoms with Gasteiger partial charge in [0.25, 0.3) is 5.91 Å². The molecule has 3 aromatic rings. The van der Waals surface area contributed by atoms with Gasteiger partial charge in [0.05, 0.1) is 10.7 Å². The van der Waals surface area contributed by atoms with Crippen LogP contribution in [0, 0.1) is 0 Å². The molecule has 0 aliphatic rings. The van der Waals surface area contributed by atoms with Crippen molar-refractivity contribution in [3.63, 3.8) is 0 Å². The molecule has 136 valence electrons. The van der Waals surface area contributed by atoms with Crippen LogP contribution in [0.15, 0.2) is 66.9 Å². The van der Waals surface area contributed by atoms with Crippen molar-refractivity contribution in [3.8, 4) is 0 Å². The van der Waals surface area contributed by atoms with Crippen LogP contribution in [0.5, 0.6) is 0 Å². The molecule has 6 nitrogen and oxygen atoms in total. The number of hydrogen-bond donors (Lipinski definition) is 3. The molecule has 0 aliphatic carbocycles. The third-order valence-electron chi connectivity index (χ3n) is 3.60. The molecule has 2 amide bonds. The second kappa shape index (κ2) is 8.33. The Morgan fingerprint density at radius 3 is 2.41 bits per heavy atom. The second-order valence-corrected chi connectivity index (χ2v) is 6.16. The molecule has 3 rings (SSSR count). The molecule has 7 heteroatoms. The van der Waals surface area contributed by atoms with Crippen molar-refractivity contribution in [1.29, 1.82) is 0 Å². The zero-order chi connectivity index (χ0) is 19.2. The topological polar surface area (TPSA) is 83.1 Å². The lowest BCUT2D eigenvalue weighted by Gasteiger charge is -2.10. The first kappa shape index (κ1) is 18.4. The van der Waals surface area contributed by atoms with E-state index >= 15 is 0 Å². The summed E-state index contributed by atoms with van der Waals surface area (Å²) >= 11 is 6.14. The fourth-order valence-corrected chi connectivity index (χ4v) is 2.60. The Morgan fingerprint density at radius 1 is 0.926 bits per heavy atom. The highest BCUT2D eigenvalue weighted by Crippen LogP contribution is 2.24. The number of nitrogens with zero attached hydrogens (tertiary/aromatic N) is 1. The van der Waals surface area contributed by atoms with Gasteiger partial charge >= 0.3 is 0 Å². The van der Waals surface area contributed by atoms with Crippen molar-refractivity contribution in [1.82, 2.24) is 4.98 Å². The number of pyridine rings is 1. The first-order valence-corrected chi connectivity index (χ1v) is 8.56. The third kappa shape index (κ3) is 5.05. The van der Waals surface area contributed by atoms with Gasteiger partial charge in [-0.25, -0.2) is 4.98 Å². The number of halogens is 1. The van der Waals surface area contributed by atoms with Gasteiger partial charge in [0.1, 0.15) is 5.82 Å². The summed E-state index contributed by atoms with van der Waals surface area (Å²) in [5.74, 6) is 0.0326.